The summed E-state index contributed by atoms with van der Waals surface area (Å²) in [5.74, 6) is 1.45. The zero-order chi connectivity index (χ0) is 17.9. The number of rotatable bonds is 4. The lowest BCUT2D eigenvalue weighted by Gasteiger charge is -2.06. The highest BCUT2D eigenvalue weighted by Gasteiger charge is 2.12. The number of nitriles is 1. The van der Waals surface area contributed by atoms with Gasteiger partial charge in [-0.05, 0) is 30.7 Å². The summed E-state index contributed by atoms with van der Waals surface area (Å²) in [6, 6.07) is 19.7. The van der Waals surface area contributed by atoms with Gasteiger partial charge in [-0.3, -0.25) is 0 Å². The quantitative estimate of drug-likeness (QED) is 0.490. The van der Waals surface area contributed by atoms with Crippen LogP contribution in [0.3, 0.4) is 0 Å². The largest absolute Gasteiger partial charge is 0.420 e. The molecule has 0 unspecified atom stereocenters. The zero-order valence-corrected chi connectivity index (χ0v) is 14.8. The third-order valence-electron chi connectivity index (χ3n) is 3.95. The molecule has 126 valence electrons. The lowest BCUT2D eigenvalue weighted by Crippen LogP contribution is -1.92. The molecule has 6 heteroatoms. The van der Waals surface area contributed by atoms with Crippen LogP contribution >= 0.6 is 11.8 Å². The third kappa shape index (κ3) is 3.17. The molecule has 0 N–H and O–H groups in total. The fourth-order valence-electron chi connectivity index (χ4n) is 2.66. The molecule has 4 rings (SSSR count). The van der Waals surface area contributed by atoms with Crippen molar-refractivity contribution in [1.82, 2.24) is 15.2 Å². The van der Waals surface area contributed by atoms with Gasteiger partial charge in [-0.2, -0.15) is 5.26 Å². The Hall–Kier alpha value is -3.17. The molecule has 0 aliphatic carbocycles. The van der Waals surface area contributed by atoms with Crippen LogP contribution in [0.4, 0.5) is 0 Å². The molecular weight excluding hydrogens is 344 g/mol. The Morgan fingerprint density at radius 2 is 1.92 bits per heavy atom. The van der Waals surface area contributed by atoms with Crippen LogP contribution in [0.25, 0.3) is 22.4 Å². The first-order valence-electron chi connectivity index (χ1n) is 8.05. The van der Waals surface area contributed by atoms with Crippen molar-refractivity contribution >= 4 is 22.7 Å². The predicted molar refractivity (Wildman–Crippen MR) is 100 cm³/mol. The summed E-state index contributed by atoms with van der Waals surface area (Å²) in [6.07, 6.45) is 0. The van der Waals surface area contributed by atoms with Gasteiger partial charge in [0.2, 0.25) is 11.8 Å². The number of nitrogens with zero attached hydrogens (tertiary/aromatic N) is 4. The number of hydrogen-bond acceptors (Lipinski definition) is 6. The average Bonchev–Trinajstić information content (AvgIpc) is 3.16. The monoisotopic (exact) mass is 358 g/mol. The minimum atomic E-state index is 0.457. The molecular formula is C20H14N4OS. The van der Waals surface area contributed by atoms with E-state index in [1.165, 1.54) is 11.8 Å². The molecule has 2 heterocycles. The van der Waals surface area contributed by atoms with Gasteiger partial charge in [-0.1, -0.05) is 48.2 Å². The van der Waals surface area contributed by atoms with E-state index in [9.17, 15) is 5.26 Å². The van der Waals surface area contributed by atoms with Gasteiger partial charge in [0.15, 0.2) is 0 Å². The number of benzene rings is 2. The van der Waals surface area contributed by atoms with Crippen molar-refractivity contribution in [2.24, 2.45) is 0 Å². The fraction of sp³-hybridized carbons (Fsp3) is 0.100. The van der Waals surface area contributed by atoms with Gasteiger partial charge in [-0.15, -0.1) is 10.2 Å². The number of aromatic nitrogens is 3. The molecule has 0 saturated heterocycles. The summed E-state index contributed by atoms with van der Waals surface area (Å²) < 4.78 is 5.72. The maximum atomic E-state index is 9.44. The second kappa shape index (κ2) is 6.98. The van der Waals surface area contributed by atoms with Gasteiger partial charge < -0.3 is 4.42 Å². The summed E-state index contributed by atoms with van der Waals surface area (Å²) in [6.45, 7) is 2.01. The zero-order valence-electron chi connectivity index (χ0n) is 14.0. The van der Waals surface area contributed by atoms with E-state index in [2.05, 4.69) is 21.3 Å². The topological polar surface area (TPSA) is 75.6 Å². The lowest BCUT2D eigenvalue weighted by molar-refractivity contribution is 0.528. The minimum Gasteiger partial charge on any atom is -0.420 e. The smallest absolute Gasteiger partial charge is 0.247 e. The van der Waals surface area contributed by atoms with E-state index in [0.717, 1.165) is 22.0 Å². The summed E-state index contributed by atoms with van der Waals surface area (Å²) >= 11 is 1.43. The molecule has 0 amide bonds. The Morgan fingerprint density at radius 1 is 1.08 bits per heavy atom. The van der Waals surface area contributed by atoms with Crippen LogP contribution in [-0.2, 0) is 5.75 Å². The van der Waals surface area contributed by atoms with Crippen LogP contribution in [-0.4, -0.2) is 15.2 Å². The molecule has 5 nitrogen and oxygen atoms in total. The number of hydrogen-bond donors (Lipinski definition) is 0. The highest BCUT2D eigenvalue weighted by molar-refractivity contribution is 7.98. The third-order valence-corrected chi connectivity index (χ3v) is 4.93. The number of fused-ring (bicyclic) bond motifs is 1. The fourth-order valence-corrected chi connectivity index (χ4v) is 3.45. The first kappa shape index (κ1) is 16.3. The molecule has 0 fully saturated rings. The summed E-state index contributed by atoms with van der Waals surface area (Å²) in [5, 5.41) is 19.3. The Labute approximate surface area is 154 Å². The summed E-state index contributed by atoms with van der Waals surface area (Å²) in [7, 11) is 0. The Kier molecular flexibility index (Phi) is 4.38. The number of pyridine rings is 1. The molecule has 0 saturated carbocycles. The van der Waals surface area contributed by atoms with Gasteiger partial charge >= 0.3 is 0 Å². The Bertz CT molecular complexity index is 1120. The summed E-state index contributed by atoms with van der Waals surface area (Å²) in [4.78, 5) is 4.68. The number of para-hydroxylation sites is 1. The van der Waals surface area contributed by atoms with Crippen LogP contribution < -0.4 is 0 Å². The van der Waals surface area contributed by atoms with E-state index < -0.39 is 0 Å². The molecule has 0 bridgehead atoms. The van der Waals surface area contributed by atoms with E-state index >= 15 is 0 Å². The van der Waals surface area contributed by atoms with Gasteiger partial charge in [-0.25, -0.2) is 4.98 Å². The maximum absolute atomic E-state index is 9.44. The van der Waals surface area contributed by atoms with Crippen LogP contribution in [0.15, 0.2) is 64.0 Å². The van der Waals surface area contributed by atoms with E-state index in [4.69, 9.17) is 4.42 Å². The molecule has 0 radical (unpaired) electrons. The van der Waals surface area contributed by atoms with E-state index in [1.807, 2.05) is 61.5 Å². The Balaban J connectivity index is 1.59. The van der Waals surface area contributed by atoms with Crippen molar-refractivity contribution in [2.75, 3.05) is 0 Å². The molecule has 0 aliphatic rings. The first-order chi connectivity index (χ1) is 12.7. The molecule has 0 atom stereocenters. The Morgan fingerprint density at radius 3 is 2.73 bits per heavy atom. The number of thioether (sulfide) groups is 1. The van der Waals surface area contributed by atoms with Crippen molar-refractivity contribution in [3.8, 4) is 17.5 Å². The second-order valence-corrected chi connectivity index (χ2v) is 6.72. The van der Waals surface area contributed by atoms with Gasteiger partial charge in [0.1, 0.15) is 11.1 Å². The molecule has 4 aromatic rings. The molecule has 0 spiro atoms. The maximum Gasteiger partial charge on any atom is 0.247 e. The SMILES string of the molecule is Cc1cccc2cc(C#N)c(SCc3nnc(-c4ccccc4)o3)nc12. The van der Waals surface area contributed by atoms with Crippen LogP contribution in [0.2, 0.25) is 0 Å². The molecule has 26 heavy (non-hydrogen) atoms. The van der Waals surface area contributed by atoms with Crippen molar-refractivity contribution in [1.29, 1.82) is 5.26 Å². The van der Waals surface area contributed by atoms with Gasteiger partial charge in [0.25, 0.3) is 0 Å². The average molecular weight is 358 g/mol. The number of aryl methyl sites for hydroxylation is 1. The van der Waals surface area contributed by atoms with Crippen LogP contribution in [0, 0.1) is 18.3 Å². The molecule has 2 aromatic carbocycles. The van der Waals surface area contributed by atoms with E-state index in [0.29, 0.717) is 28.1 Å². The van der Waals surface area contributed by atoms with Crippen molar-refractivity contribution in [3.63, 3.8) is 0 Å². The predicted octanol–water partition coefficient (Wildman–Crippen LogP) is 4.76. The van der Waals surface area contributed by atoms with E-state index in [-0.39, 0.29) is 0 Å². The summed E-state index contributed by atoms with van der Waals surface area (Å²) in [5.41, 5.74) is 3.42. The van der Waals surface area contributed by atoms with Gasteiger partial charge in [0, 0.05) is 10.9 Å². The second-order valence-electron chi connectivity index (χ2n) is 5.76. The minimum absolute atomic E-state index is 0.457. The highest BCUT2D eigenvalue weighted by atomic mass is 32.2. The lowest BCUT2D eigenvalue weighted by atomic mass is 10.1. The van der Waals surface area contributed by atoms with Crippen molar-refractivity contribution in [3.05, 3.63) is 71.6 Å². The first-order valence-corrected chi connectivity index (χ1v) is 9.04. The van der Waals surface area contributed by atoms with Crippen molar-refractivity contribution in [2.45, 2.75) is 17.7 Å². The highest BCUT2D eigenvalue weighted by Crippen LogP contribution is 2.29. The van der Waals surface area contributed by atoms with Crippen LogP contribution in [0.5, 0.6) is 0 Å². The van der Waals surface area contributed by atoms with Crippen molar-refractivity contribution < 1.29 is 4.42 Å². The molecule has 0 aliphatic heterocycles. The normalized spacial score (nSPS) is 10.8. The molecule has 2 aromatic heterocycles. The standard InChI is InChI=1S/C20H14N4OS/c1-13-6-5-9-15-10-16(11-21)20(22-18(13)15)26-12-17-23-24-19(25-17)14-7-3-2-4-8-14/h2-10H,12H2,1H3. The van der Waals surface area contributed by atoms with Crippen LogP contribution in [0.1, 0.15) is 17.0 Å². The van der Waals surface area contributed by atoms with Gasteiger partial charge in [0.05, 0.1) is 16.8 Å². The van der Waals surface area contributed by atoms with E-state index in [1.54, 1.807) is 0 Å².